The largest absolute Gasteiger partial charge is 0.454 e. The Bertz CT molecular complexity index is 1010. The Morgan fingerprint density at radius 1 is 1.10 bits per heavy atom. The molecule has 1 aromatic carbocycles. The molecule has 4 aromatic rings. The fourth-order valence-electron chi connectivity index (χ4n) is 2.40. The summed E-state index contributed by atoms with van der Waals surface area (Å²) >= 11 is 0. The third-order valence-electron chi connectivity index (χ3n) is 3.43. The zero-order valence-electron chi connectivity index (χ0n) is 11.0. The third-order valence-corrected chi connectivity index (χ3v) is 3.43. The van der Waals surface area contributed by atoms with Crippen LogP contribution in [0.25, 0.3) is 27.9 Å². The molecule has 0 fully saturated rings. The van der Waals surface area contributed by atoms with Crippen LogP contribution in [0.3, 0.4) is 0 Å². The van der Waals surface area contributed by atoms with Gasteiger partial charge >= 0.3 is 0 Å². The summed E-state index contributed by atoms with van der Waals surface area (Å²) in [4.78, 5) is 4.38. The summed E-state index contributed by atoms with van der Waals surface area (Å²) in [5.41, 5.74) is 2.36. The predicted molar refractivity (Wildman–Crippen MR) is 77.7 cm³/mol. The summed E-state index contributed by atoms with van der Waals surface area (Å²) in [7, 11) is 0. The molecule has 0 spiro atoms. The SMILES string of the molecule is ON=c1cc(-c2cc3cccn3cn2)oc2ccccc12. The zero-order valence-corrected chi connectivity index (χ0v) is 11.0. The van der Waals surface area contributed by atoms with Crippen LogP contribution >= 0.6 is 0 Å². The summed E-state index contributed by atoms with van der Waals surface area (Å²) in [6.45, 7) is 0. The van der Waals surface area contributed by atoms with Crippen molar-refractivity contribution in [3.63, 3.8) is 0 Å². The van der Waals surface area contributed by atoms with Crippen molar-refractivity contribution >= 4 is 16.5 Å². The molecule has 5 heteroatoms. The molecule has 3 aromatic heterocycles. The molecule has 1 N–H and O–H groups in total. The molecule has 4 rings (SSSR count). The minimum atomic E-state index is 0.462. The fourth-order valence-corrected chi connectivity index (χ4v) is 2.40. The maximum absolute atomic E-state index is 9.20. The van der Waals surface area contributed by atoms with E-state index in [2.05, 4.69) is 10.1 Å². The Morgan fingerprint density at radius 2 is 2.00 bits per heavy atom. The number of hydrogen-bond acceptors (Lipinski definition) is 4. The number of aromatic nitrogens is 2. The Labute approximate surface area is 119 Å². The lowest BCUT2D eigenvalue weighted by atomic mass is 10.2. The van der Waals surface area contributed by atoms with E-state index in [0.29, 0.717) is 22.4 Å². The van der Waals surface area contributed by atoms with Crippen molar-refractivity contribution in [2.75, 3.05) is 0 Å². The second-order valence-electron chi connectivity index (χ2n) is 4.71. The maximum Gasteiger partial charge on any atom is 0.155 e. The van der Waals surface area contributed by atoms with Crippen molar-refractivity contribution in [2.45, 2.75) is 0 Å². The van der Waals surface area contributed by atoms with Gasteiger partial charge in [-0.2, -0.15) is 0 Å². The lowest BCUT2D eigenvalue weighted by Crippen LogP contribution is -2.03. The van der Waals surface area contributed by atoms with Crippen molar-refractivity contribution in [1.29, 1.82) is 0 Å². The highest BCUT2D eigenvalue weighted by atomic mass is 16.4. The van der Waals surface area contributed by atoms with Crippen LogP contribution in [-0.2, 0) is 0 Å². The van der Waals surface area contributed by atoms with Gasteiger partial charge in [0, 0.05) is 23.2 Å². The minimum Gasteiger partial charge on any atom is -0.454 e. The van der Waals surface area contributed by atoms with Crippen molar-refractivity contribution in [1.82, 2.24) is 9.38 Å². The molecular weight excluding hydrogens is 266 g/mol. The van der Waals surface area contributed by atoms with E-state index >= 15 is 0 Å². The Balaban J connectivity index is 2.01. The molecular formula is C16H11N3O2. The van der Waals surface area contributed by atoms with E-state index in [1.54, 1.807) is 12.4 Å². The molecule has 21 heavy (non-hydrogen) atoms. The molecule has 0 atom stereocenters. The van der Waals surface area contributed by atoms with Crippen LogP contribution in [0.4, 0.5) is 0 Å². The Morgan fingerprint density at radius 3 is 2.90 bits per heavy atom. The van der Waals surface area contributed by atoms with Crippen LogP contribution in [0.15, 0.2) is 70.6 Å². The van der Waals surface area contributed by atoms with E-state index in [4.69, 9.17) is 4.42 Å². The lowest BCUT2D eigenvalue weighted by molar-refractivity contribution is 0.302. The van der Waals surface area contributed by atoms with Crippen molar-refractivity contribution in [2.24, 2.45) is 5.16 Å². The zero-order chi connectivity index (χ0) is 14.2. The quantitative estimate of drug-likeness (QED) is 0.429. The van der Waals surface area contributed by atoms with Gasteiger partial charge in [0.15, 0.2) is 5.76 Å². The van der Waals surface area contributed by atoms with Crippen molar-refractivity contribution < 1.29 is 9.62 Å². The summed E-state index contributed by atoms with van der Waals surface area (Å²) in [6.07, 6.45) is 3.66. The van der Waals surface area contributed by atoms with Gasteiger partial charge in [-0.1, -0.05) is 17.3 Å². The van der Waals surface area contributed by atoms with Gasteiger partial charge in [0.2, 0.25) is 0 Å². The summed E-state index contributed by atoms with van der Waals surface area (Å²) in [6, 6.07) is 15.0. The monoisotopic (exact) mass is 277 g/mol. The van der Waals surface area contributed by atoms with Crippen LogP contribution in [0, 0.1) is 0 Å². The number of rotatable bonds is 1. The molecule has 0 aliphatic heterocycles. The Kier molecular flexibility index (Phi) is 2.50. The Hall–Kier alpha value is -3.08. The lowest BCUT2D eigenvalue weighted by Gasteiger charge is -2.04. The van der Waals surface area contributed by atoms with Gasteiger partial charge in [0.1, 0.15) is 16.6 Å². The molecule has 102 valence electrons. The first kappa shape index (κ1) is 11.7. The topological polar surface area (TPSA) is 63.0 Å². The third kappa shape index (κ3) is 1.87. The molecule has 3 heterocycles. The van der Waals surface area contributed by atoms with E-state index in [-0.39, 0.29) is 0 Å². The predicted octanol–water partition coefficient (Wildman–Crippen LogP) is 3.04. The van der Waals surface area contributed by atoms with Gasteiger partial charge in [0.25, 0.3) is 0 Å². The fraction of sp³-hybridized carbons (Fsp3) is 0. The van der Waals surface area contributed by atoms with Crippen molar-refractivity contribution in [3.05, 3.63) is 66.4 Å². The average molecular weight is 277 g/mol. The van der Waals surface area contributed by atoms with Gasteiger partial charge in [-0.05, 0) is 30.3 Å². The van der Waals surface area contributed by atoms with Crippen LogP contribution in [0.5, 0.6) is 0 Å². The molecule has 0 bridgehead atoms. The summed E-state index contributed by atoms with van der Waals surface area (Å²) < 4.78 is 7.79. The number of nitrogens with zero attached hydrogens (tertiary/aromatic N) is 3. The number of fused-ring (bicyclic) bond motifs is 2. The van der Waals surface area contributed by atoms with E-state index in [0.717, 1.165) is 10.9 Å². The second kappa shape index (κ2) is 4.49. The molecule has 0 radical (unpaired) electrons. The van der Waals surface area contributed by atoms with Crippen LogP contribution < -0.4 is 5.36 Å². The molecule has 0 unspecified atom stereocenters. The first-order chi connectivity index (χ1) is 10.3. The maximum atomic E-state index is 9.20. The van der Waals surface area contributed by atoms with Gasteiger partial charge in [0.05, 0.1) is 6.33 Å². The molecule has 0 aliphatic rings. The van der Waals surface area contributed by atoms with E-state index in [1.807, 2.05) is 53.1 Å². The van der Waals surface area contributed by atoms with Crippen LogP contribution in [0.2, 0.25) is 0 Å². The summed E-state index contributed by atoms with van der Waals surface area (Å²) in [5.74, 6) is 0.560. The van der Waals surface area contributed by atoms with Crippen molar-refractivity contribution in [3.8, 4) is 11.5 Å². The van der Waals surface area contributed by atoms with Gasteiger partial charge in [-0.3, -0.25) is 0 Å². The van der Waals surface area contributed by atoms with Gasteiger partial charge in [-0.15, -0.1) is 0 Å². The number of hydrogen-bond donors (Lipinski definition) is 1. The van der Waals surface area contributed by atoms with Gasteiger partial charge in [-0.25, -0.2) is 4.98 Å². The van der Waals surface area contributed by atoms with E-state index in [9.17, 15) is 5.21 Å². The first-order valence-electron chi connectivity index (χ1n) is 6.49. The highest BCUT2D eigenvalue weighted by Gasteiger charge is 2.07. The number of benzene rings is 1. The molecule has 0 amide bonds. The molecule has 0 saturated carbocycles. The molecule has 0 aliphatic carbocycles. The highest BCUT2D eigenvalue weighted by Crippen LogP contribution is 2.21. The standard InChI is InChI=1S/C16H11N3O2/c20-18-13-9-16(21-15-6-2-1-5-12(13)15)14-8-11-4-3-7-19(11)10-17-14/h1-10,20H. The van der Waals surface area contributed by atoms with Gasteiger partial charge < -0.3 is 14.0 Å². The van der Waals surface area contributed by atoms with E-state index in [1.165, 1.54) is 0 Å². The molecule has 5 nitrogen and oxygen atoms in total. The normalized spacial score (nSPS) is 12.3. The average Bonchev–Trinajstić information content (AvgIpc) is 3.01. The number of para-hydroxylation sites is 1. The minimum absolute atomic E-state index is 0.462. The second-order valence-corrected chi connectivity index (χ2v) is 4.71. The molecule has 0 saturated heterocycles. The van der Waals surface area contributed by atoms with Crippen LogP contribution in [-0.4, -0.2) is 14.6 Å². The first-order valence-corrected chi connectivity index (χ1v) is 6.49. The van der Waals surface area contributed by atoms with Crippen LogP contribution in [0.1, 0.15) is 0 Å². The summed E-state index contributed by atoms with van der Waals surface area (Å²) in [5, 5.41) is 13.8. The smallest absolute Gasteiger partial charge is 0.155 e. The van der Waals surface area contributed by atoms with E-state index < -0.39 is 0 Å². The highest BCUT2D eigenvalue weighted by molar-refractivity contribution is 5.78.